The zero-order chi connectivity index (χ0) is 27.3. The first-order chi connectivity index (χ1) is 17.2. The van der Waals surface area contributed by atoms with Crippen LogP contribution in [0.5, 0.6) is 17.2 Å². The molecule has 0 aliphatic carbocycles. The van der Waals surface area contributed by atoms with Crippen molar-refractivity contribution in [1.29, 1.82) is 0 Å². The van der Waals surface area contributed by atoms with E-state index >= 15 is 0 Å². The van der Waals surface area contributed by atoms with Crippen molar-refractivity contribution in [3.63, 3.8) is 0 Å². The summed E-state index contributed by atoms with van der Waals surface area (Å²) in [5.74, 6) is -1.58. The van der Waals surface area contributed by atoms with Gasteiger partial charge >= 0.3 is 12.5 Å². The molecule has 0 saturated carbocycles. The minimum atomic E-state index is -4.83. The lowest BCUT2D eigenvalue weighted by Gasteiger charge is -2.28. The number of ether oxygens (including phenoxy) is 2. The molecule has 2 aromatic rings. The number of benzene rings is 2. The lowest BCUT2D eigenvalue weighted by Crippen LogP contribution is -2.48. The third-order valence-electron chi connectivity index (χ3n) is 5.34. The number of hydrogen-bond donors (Lipinski definition) is 2. The van der Waals surface area contributed by atoms with Crippen LogP contribution in [0.2, 0.25) is 0 Å². The minimum Gasteiger partial charge on any atom is -0.465 e. The van der Waals surface area contributed by atoms with Crippen molar-refractivity contribution in [2.45, 2.75) is 36.6 Å². The van der Waals surface area contributed by atoms with Gasteiger partial charge in [-0.15, -0.1) is 13.2 Å². The summed E-state index contributed by atoms with van der Waals surface area (Å²) >= 11 is 0. The molecule has 2 N–H and O–H groups in total. The number of sulfone groups is 1. The maximum Gasteiger partial charge on any atom is 0.573 e. The average molecular weight is 567 g/mol. The standard InChI is InChI=1S/C22H25F3N2O8S2/c23-22(24,25)35-19-6-4-17(5-7-19)34-18-8-10-20(11-9-18)36(30,31)14-16(26-21(28)29)15-37(32,33)27-12-2-1-3-13-27/h4-11,16,26H,1-3,12-15H2,(H,28,29). The van der Waals surface area contributed by atoms with Gasteiger partial charge < -0.3 is 19.9 Å². The third kappa shape index (κ3) is 8.79. The second-order valence-electron chi connectivity index (χ2n) is 8.26. The molecule has 0 radical (unpaired) electrons. The molecule has 2 aromatic carbocycles. The Labute approximate surface area is 212 Å². The van der Waals surface area contributed by atoms with Gasteiger partial charge in [-0.05, 0) is 61.4 Å². The van der Waals surface area contributed by atoms with Gasteiger partial charge in [-0.25, -0.2) is 25.9 Å². The molecular formula is C22H25F3N2O8S2. The number of hydrogen-bond acceptors (Lipinski definition) is 7. The van der Waals surface area contributed by atoms with Crippen LogP contribution in [0.3, 0.4) is 0 Å². The van der Waals surface area contributed by atoms with Crippen molar-refractivity contribution >= 4 is 26.0 Å². The van der Waals surface area contributed by atoms with Gasteiger partial charge in [0, 0.05) is 13.1 Å². The van der Waals surface area contributed by atoms with Crippen LogP contribution in [0.1, 0.15) is 19.3 Å². The molecule has 3 rings (SSSR count). The molecule has 1 saturated heterocycles. The summed E-state index contributed by atoms with van der Waals surface area (Å²) in [6, 6.07) is 8.17. The summed E-state index contributed by atoms with van der Waals surface area (Å²) in [5.41, 5.74) is 0. The van der Waals surface area contributed by atoms with Crippen LogP contribution >= 0.6 is 0 Å². The Balaban J connectivity index is 1.68. The molecule has 15 heteroatoms. The maximum absolute atomic E-state index is 12.9. The molecule has 0 spiro atoms. The number of piperidine rings is 1. The summed E-state index contributed by atoms with van der Waals surface area (Å²) in [4.78, 5) is 11.0. The summed E-state index contributed by atoms with van der Waals surface area (Å²) in [7, 11) is -7.99. The first kappa shape index (κ1) is 28.5. The molecule has 1 unspecified atom stereocenters. The zero-order valence-corrected chi connectivity index (χ0v) is 21.0. The molecule has 204 valence electrons. The average Bonchev–Trinajstić information content (AvgIpc) is 2.79. The van der Waals surface area contributed by atoms with Crippen molar-refractivity contribution in [3.8, 4) is 17.2 Å². The van der Waals surface area contributed by atoms with E-state index in [2.05, 4.69) is 4.74 Å². The first-order valence-electron chi connectivity index (χ1n) is 11.1. The van der Waals surface area contributed by atoms with Crippen molar-refractivity contribution in [2.24, 2.45) is 0 Å². The largest absolute Gasteiger partial charge is 0.573 e. The molecular weight excluding hydrogens is 541 g/mol. The number of halogens is 3. The third-order valence-corrected chi connectivity index (χ3v) is 9.15. The van der Waals surface area contributed by atoms with Crippen LogP contribution in [-0.4, -0.2) is 69.3 Å². The molecule has 1 atom stereocenters. The summed E-state index contributed by atoms with van der Waals surface area (Å²) in [6.07, 6.45) is -4.15. The fourth-order valence-electron chi connectivity index (χ4n) is 3.73. The Morgan fingerprint density at radius 1 is 0.892 bits per heavy atom. The van der Waals surface area contributed by atoms with E-state index in [1.807, 2.05) is 5.32 Å². The van der Waals surface area contributed by atoms with E-state index < -0.39 is 55.6 Å². The fraction of sp³-hybridized carbons (Fsp3) is 0.409. The Morgan fingerprint density at radius 3 is 1.92 bits per heavy atom. The van der Waals surface area contributed by atoms with Crippen LogP contribution < -0.4 is 14.8 Å². The van der Waals surface area contributed by atoms with Crippen molar-refractivity contribution in [2.75, 3.05) is 24.6 Å². The van der Waals surface area contributed by atoms with Crippen molar-refractivity contribution < 1.29 is 49.4 Å². The number of nitrogens with zero attached hydrogens (tertiary/aromatic N) is 1. The van der Waals surface area contributed by atoms with Gasteiger partial charge in [0.15, 0.2) is 9.84 Å². The zero-order valence-electron chi connectivity index (χ0n) is 19.3. The molecule has 37 heavy (non-hydrogen) atoms. The molecule has 1 fully saturated rings. The topological polar surface area (TPSA) is 139 Å². The lowest BCUT2D eigenvalue weighted by atomic mass is 10.2. The van der Waals surface area contributed by atoms with Crippen LogP contribution in [0.4, 0.5) is 18.0 Å². The number of nitrogens with one attached hydrogen (secondary N) is 1. The molecule has 0 bridgehead atoms. The molecule has 1 heterocycles. The van der Waals surface area contributed by atoms with E-state index in [4.69, 9.17) is 9.84 Å². The Morgan fingerprint density at radius 2 is 1.41 bits per heavy atom. The highest BCUT2D eigenvalue weighted by atomic mass is 32.2. The van der Waals surface area contributed by atoms with E-state index in [-0.39, 0.29) is 16.4 Å². The Kier molecular flexibility index (Phi) is 8.92. The Hall–Kier alpha value is -3.04. The van der Waals surface area contributed by atoms with Crippen molar-refractivity contribution in [1.82, 2.24) is 9.62 Å². The first-order valence-corrected chi connectivity index (χ1v) is 14.3. The van der Waals surface area contributed by atoms with E-state index in [0.717, 1.165) is 18.6 Å². The summed E-state index contributed by atoms with van der Waals surface area (Å²) in [6.45, 7) is 0.600. The molecule has 1 aliphatic rings. The number of carbonyl (C=O) groups is 1. The van der Waals surface area contributed by atoms with E-state index in [0.29, 0.717) is 25.9 Å². The number of sulfonamides is 1. The predicted octanol–water partition coefficient (Wildman–Crippen LogP) is 3.60. The van der Waals surface area contributed by atoms with Gasteiger partial charge in [-0.2, -0.15) is 0 Å². The van der Waals surface area contributed by atoms with E-state index in [1.54, 1.807) is 0 Å². The van der Waals surface area contributed by atoms with Gasteiger partial charge in [0.2, 0.25) is 10.0 Å². The van der Waals surface area contributed by atoms with E-state index in [9.17, 15) is 34.8 Å². The molecule has 1 aliphatic heterocycles. The normalized spacial score (nSPS) is 16.1. The number of amides is 1. The molecule has 0 aromatic heterocycles. The van der Waals surface area contributed by atoms with Gasteiger partial charge in [-0.3, -0.25) is 0 Å². The Bertz CT molecular complexity index is 1280. The van der Waals surface area contributed by atoms with Crippen LogP contribution in [0, 0.1) is 0 Å². The van der Waals surface area contributed by atoms with Gasteiger partial charge in [0.05, 0.1) is 22.4 Å². The highest BCUT2D eigenvalue weighted by Gasteiger charge is 2.32. The second kappa shape index (κ2) is 11.6. The maximum atomic E-state index is 12.9. The number of carboxylic acid groups (broad SMARTS) is 1. The summed E-state index contributed by atoms with van der Waals surface area (Å²) in [5, 5.41) is 11.1. The molecule has 1 amide bonds. The predicted molar refractivity (Wildman–Crippen MR) is 126 cm³/mol. The fourth-order valence-corrected chi connectivity index (χ4v) is 7.09. The SMILES string of the molecule is O=C(O)NC(CS(=O)(=O)c1ccc(Oc2ccc(OC(F)(F)F)cc2)cc1)CS(=O)(=O)N1CCCCC1. The van der Waals surface area contributed by atoms with Crippen LogP contribution in [0.25, 0.3) is 0 Å². The van der Waals surface area contributed by atoms with Crippen LogP contribution in [-0.2, 0) is 19.9 Å². The summed E-state index contributed by atoms with van der Waals surface area (Å²) < 4.78 is 98.6. The lowest BCUT2D eigenvalue weighted by molar-refractivity contribution is -0.274. The van der Waals surface area contributed by atoms with E-state index in [1.165, 1.54) is 40.7 Å². The monoisotopic (exact) mass is 566 g/mol. The second-order valence-corrected chi connectivity index (χ2v) is 12.3. The van der Waals surface area contributed by atoms with Gasteiger partial charge in [-0.1, -0.05) is 6.42 Å². The van der Waals surface area contributed by atoms with Gasteiger partial charge in [0.1, 0.15) is 17.2 Å². The quantitative estimate of drug-likeness (QED) is 0.445. The van der Waals surface area contributed by atoms with Crippen molar-refractivity contribution in [3.05, 3.63) is 48.5 Å². The highest BCUT2D eigenvalue weighted by Crippen LogP contribution is 2.28. The van der Waals surface area contributed by atoms with Gasteiger partial charge in [0.25, 0.3) is 0 Å². The number of alkyl halides is 3. The van der Waals surface area contributed by atoms with Crippen LogP contribution in [0.15, 0.2) is 53.4 Å². The minimum absolute atomic E-state index is 0.166. The number of rotatable bonds is 10. The molecule has 10 nitrogen and oxygen atoms in total. The highest BCUT2D eigenvalue weighted by molar-refractivity contribution is 7.91. The smallest absolute Gasteiger partial charge is 0.465 e.